The smallest absolute Gasteiger partial charge is 0.314 e. The lowest BCUT2D eigenvalue weighted by Gasteiger charge is -2.36. The molecular weight excluding hydrogens is 294 g/mol. The molecule has 0 spiro atoms. The molecule has 0 unspecified atom stereocenters. The fourth-order valence-electron chi connectivity index (χ4n) is 2.37. The minimum atomic E-state index is -4.71. The van der Waals surface area contributed by atoms with Crippen LogP contribution in [-0.2, 0) is 0 Å². The third kappa shape index (κ3) is 3.48. The fraction of sp³-hybridized carbons (Fsp3) is 0.500. The lowest BCUT2D eigenvalue weighted by atomic mass is 10.0. The molecule has 5 nitrogen and oxygen atoms in total. The van der Waals surface area contributed by atoms with Crippen molar-refractivity contribution in [2.24, 2.45) is 0 Å². The number of nitro benzene ring substituents is 1. The molecule has 0 saturated carbocycles. The van der Waals surface area contributed by atoms with Crippen molar-refractivity contribution >= 4 is 5.69 Å². The van der Waals surface area contributed by atoms with Crippen LogP contribution in [0.1, 0.15) is 11.6 Å². The van der Waals surface area contributed by atoms with Gasteiger partial charge in [-0.15, -0.1) is 0 Å². The van der Waals surface area contributed by atoms with Crippen molar-refractivity contribution in [3.63, 3.8) is 0 Å². The van der Waals surface area contributed by atoms with Crippen LogP contribution in [0.5, 0.6) is 0 Å². The van der Waals surface area contributed by atoms with Crippen LogP contribution in [0, 0.1) is 15.9 Å². The number of hydrogen-bond acceptors (Lipinski definition) is 4. The number of nitrogens with zero attached hydrogens (tertiary/aromatic N) is 2. The van der Waals surface area contributed by atoms with E-state index in [1.807, 2.05) is 0 Å². The lowest BCUT2D eigenvalue weighted by Crippen LogP contribution is -2.49. The fourth-order valence-corrected chi connectivity index (χ4v) is 2.37. The summed E-state index contributed by atoms with van der Waals surface area (Å²) in [6.07, 6.45) is -4.71. The Hall–Kier alpha value is -1.74. The average Bonchev–Trinajstić information content (AvgIpc) is 2.40. The van der Waals surface area contributed by atoms with Gasteiger partial charge in [0.2, 0.25) is 0 Å². The van der Waals surface area contributed by atoms with Crippen molar-refractivity contribution in [2.75, 3.05) is 26.2 Å². The summed E-state index contributed by atoms with van der Waals surface area (Å²) in [4.78, 5) is 10.9. The highest BCUT2D eigenvalue weighted by Gasteiger charge is 2.46. The Labute approximate surface area is 117 Å². The molecule has 1 N–H and O–H groups in total. The van der Waals surface area contributed by atoms with Gasteiger partial charge in [0.1, 0.15) is 11.9 Å². The number of nitrogens with one attached hydrogen (secondary N) is 1. The second-order valence-electron chi connectivity index (χ2n) is 4.69. The van der Waals surface area contributed by atoms with Gasteiger partial charge >= 0.3 is 6.18 Å². The number of non-ortho nitro benzene ring substituents is 1. The predicted molar refractivity (Wildman–Crippen MR) is 66.3 cm³/mol. The summed E-state index contributed by atoms with van der Waals surface area (Å²) in [7, 11) is 0. The number of benzene rings is 1. The molecule has 21 heavy (non-hydrogen) atoms. The van der Waals surface area contributed by atoms with E-state index in [1.165, 1.54) is 0 Å². The summed E-state index contributed by atoms with van der Waals surface area (Å²) in [6.45, 7) is 0.880. The Kier molecular flexibility index (Phi) is 4.43. The molecule has 116 valence electrons. The maximum atomic E-state index is 13.8. The monoisotopic (exact) mass is 307 g/mol. The first-order valence-corrected chi connectivity index (χ1v) is 6.26. The number of alkyl halides is 3. The summed E-state index contributed by atoms with van der Waals surface area (Å²) in [5, 5.41) is 13.6. The third-order valence-corrected chi connectivity index (χ3v) is 3.31. The van der Waals surface area contributed by atoms with E-state index in [0.717, 1.165) is 11.0 Å². The first-order valence-electron chi connectivity index (χ1n) is 6.26. The maximum absolute atomic E-state index is 13.8. The summed E-state index contributed by atoms with van der Waals surface area (Å²) in [6, 6.07) is 0.0352. The van der Waals surface area contributed by atoms with E-state index in [9.17, 15) is 27.7 Å². The average molecular weight is 307 g/mol. The molecule has 2 rings (SSSR count). The van der Waals surface area contributed by atoms with E-state index < -0.39 is 34.2 Å². The minimum absolute atomic E-state index is 0.0896. The van der Waals surface area contributed by atoms with E-state index in [2.05, 4.69) is 5.32 Å². The maximum Gasteiger partial charge on any atom is 0.408 e. The Morgan fingerprint density at radius 1 is 1.29 bits per heavy atom. The molecule has 0 aliphatic carbocycles. The lowest BCUT2D eigenvalue weighted by molar-refractivity contribution is -0.385. The van der Waals surface area contributed by atoms with Crippen molar-refractivity contribution in [3.05, 3.63) is 39.7 Å². The summed E-state index contributed by atoms with van der Waals surface area (Å²) in [5.41, 5.74) is -1.27. The number of rotatable bonds is 3. The van der Waals surface area contributed by atoms with Crippen molar-refractivity contribution in [1.29, 1.82) is 0 Å². The van der Waals surface area contributed by atoms with E-state index in [1.54, 1.807) is 0 Å². The molecule has 0 bridgehead atoms. The number of halogens is 4. The van der Waals surface area contributed by atoms with Crippen molar-refractivity contribution in [2.45, 2.75) is 12.2 Å². The van der Waals surface area contributed by atoms with Crippen LogP contribution in [-0.4, -0.2) is 42.2 Å². The zero-order valence-electron chi connectivity index (χ0n) is 10.9. The largest absolute Gasteiger partial charge is 0.408 e. The minimum Gasteiger partial charge on any atom is -0.314 e. The van der Waals surface area contributed by atoms with Gasteiger partial charge in [-0.3, -0.25) is 15.0 Å². The van der Waals surface area contributed by atoms with Gasteiger partial charge in [0.05, 0.1) is 4.92 Å². The number of nitro groups is 1. The van der Waals surface area contributed by atoms with Gasteiger partial charge in [0.25, 0.3) is 5.69 Å². The van der Waals surface area contributed by atoms with Crippen LogP contribution in [0.3, 0.4) is 0 Å². The van der Waals surface area contributed by atoms with E-state index in [0.29, 0.717) is 25.2 Å². The van der Waals surface area contributed by atoms with Gasteiger partial charge in [0, 0.05) is 43.9 Å². The third-order valence-electron chi connectivity index (χ3n) is 3.31. The second-order valence-corrected chi connectivity index (χ2v) is 4.69. The summed E-state index contributed by atoms with van der Waals surface area (Å²) < 4.78 is 53.7. The van der Waals surface area contributed by atoms with Crippen LogP contribution >= 0.6 is 0 Å². The van der Waals surface area contributed by atoms with Crippen molar-refractivity contribution < 1.29 is 22.5 Å². The molecule has 9 heteroatoms. The Morgan fingerprint density at radius 3 is 2.43 bits per heavy atom. The molecule has 1 saturated heterocycles. The van der Waals surface area contributed by atoms with Crippen LogP contribution < -0.4 is 5.32 Å². The van der Waals surface area contributed by atoms with Crippen LogP contribution in [0.2, 0.25) is 0 Å². The summed E-state index contributed by atoms with van der Waals surface area (Å²) >= 11 is 0. The van der Waals surface area contributed by atoms with Crippen molar-refractivity contribution in [1.82, 2.24) is 10.2 Å². The van der Waals surface area contributed by atoms with Gasteiger partial charge in [-0.05, 0) is 6.07 Å². The van der Waals surface area contributed by atoms with E-state index >= 15 is 0 Å². The molecule has 1 aromatic rings. The highest BCUT2D eigenvalue weighted by atomic mass is 19.4. The highest BCUT2D eigenvalue weighted by molar-refractivity contribution is 5.37. The Balaban J connectivity index is 2.45. The molecule has 0 amide bonds. The number of hydrogen-bond donors (Lipinski definition) is 1. The molecule has 1 aliphatic rings. The zero-order chi connectivity index (χ0) is 15.6. The normalized spacial score (nSPS) is 18.5. The quantitative estimate of drug-likeness (QED) is 0.528. The zero-order valence-corrected chi connectivity index (χ0v) is 10.9. The number of piperazine rings is 1. The molecule has 1 aliphatic heterocycles. The standard InChI is InChI=1S/C12H13F4N3O2/c13-10-2-1-8(19(20)21)7-9(10)11(12(14,15)16)18-5-3-17-4-6-18/h1-2,7,11,17H,3-6H2/t11-/m0/s1. The first-order chi connectivity index (χ1) is 9.80. The van der Waals surface area contributed by atoms with Gasteiger partial charge in [-0.2, -0.15) is 13.2 Å². The molecular formula is C12H13F4N3O2. The molecule has 1 fully saturated rings. The second kappa shape index (κ2) is 5.94. The molecule has 0 radical (unpaired) electrons. The predicted octanol–water partition coefficient (Wildman–Crippen LogP) is 2.24. The topological polar surface area (TPSA) is 58.4 Å². The van der Waals surface area contributed by atoms with Crippen LogP contribution in [0.15, 0.2) is 18.2 Å². The van der Waals surface area contributed by atoms with Crippen LogP contribution in [0.25, 0.3) is 0 Å². The van der Waals surface area contributed by atoms with E-state index in [-0.39, 0.29) is 13.1 Å². The summed E-state index contributed by atoms with van der Waals surface area (Å²) in [5.74, 6) is -1.10. The van der Waals surface area contributed by atoms with Gasteiger partial charge in [-0.1, -0.05) is 0 Å². The van der Waals surface area contributed by atoms with Gasteiger partial charge in [-0.25, -0.2) is 4.39 Å². The van der Waals surface area contributed by atoms with E-state index in [4.69, 9.17) is 0 Å². The molecule has 1 heterocycles. The SMILES string of the molecule is O=[N+]([O-])c1ccc(F)c([C@H](N2CCNCC2)C(F)(F)F)c1. The van der Waals surface area contributed by atoms with Crippen LogP contribution in [0.4, 0.5) is 23.2 Å². The Morgan fingerprint density at radius 2 is 1.90 bits per heavy atom. The first kappa shape index (κ1) is 15.6. The van der Waals surface area contributed by atoms with Gasteiger partial charge < -0.3 is 5.32 Å². The Bertz CT molecular complexity index is 530. The van der Waals surface area contributed by atoms with Gasteiger partial charge in [0.15, 0.2) is 0 Å². The molecule has 1 aromatic carbocycles. The molecule has 0 aromatic heterocycles. The highest BCUT2D eigenvalue weighted by Crippen LogP contribution is 2.39. The van der Waals surface area contributed by atoms with Crippen molar-refractivity contribution in [3.8, 4) is 0 Å². The molecule has 1 atom stereocenters.